The summed E-state index contributed by atoms with van der Waals surface area (Å²) >= 11 is 0. The van der Waals surface area contributed by atoms with Crippen molar-refractivity contribution in [3.8, 4) is 11.5 Å². The van der Waals surface area contributed by atoms with Crippen molar-refractivity contribution in [3.05, 3.63) is 59.7 Å². The lowest BCUT2D eigenvalue weighted by Crippen LogP contribution is -2.54. The van der Waals surface area contributed by atoms with E-state index >= 15 is 0 Å². The number of aromatic hydroxyl groups is 2. The smallest absolute Gasteiger partial charge is 0.408 e. The number of carbonyl (C=O) groups is 3. The normalized spacial score (nSPS) is 15.4. The number of hydrogen-bond donors (Lipinski definition) is 4. The maximum absolute atomic E-state index is 14.4. The molecule has 1 fully saturated rings. The van der Waals surface area contributed by atoms with Crippen LogP contribution in [-0.2, 0) is 20.7 Å². The summed E-state index contributed by atoms with van der Waals surface area (Å²) in [7, 11) is 0. The van der Waals surface area contributed by atoms with Crippen molar-refractivity contribution in [2.45, 2.75) is 103 Å². The molecule has 2 aromatic carbocycles. The Bertz CT molecular complexity index is 1150. The summed E-state index contributed by atoms with van der Waals surface area (Å²) in [4.78, 5) is 42.7. The van der Waals surface area contributed by atoms with Gasteiger partial charge in [-0.2, -0.15) is 0 Å². The van der Waals surface area contributed by atoms with Crippen molar-refractivity contribution in [2.75, 3.05) is 6.54 Å². The predicted octanol–water partition coefficient (Wildman–Crippen LogP) is 5.35. The fourth-order valence-corrected chi connectivity index (χ4v) is 5.11. The molecular weight excluding hydrogens is 522 g/mol. The Morgan fingerprint density at radius 2 is 1.68 bits per heavy atom. The number of carbonyl (C=O) groups excluding carboxylic acids is 3. The van der Waals surface area contributed by atoms with Crippen LogP contribution in [0.5, 0.6) is 11.5 Å². The van der Waals surface area contributed by atoms with E-state index in [-0.39, 0.29) is 36.4 Å². The topological polar surface area (TPSA) is 128 Å². The highest BCUT2D eigenvalue weighted by molar-refractivity contribution is 5.92. The van der Waals surface area contributed by atoms with Gasteiger partial charge in [0, 0.05) is 19.0 Å². The number of phenolic OH excluding ortho intramolecular Hbond substituents is 2. The van der Waals surface area contributed by atoms with E-state index in [0.29, 0.717) is 17.5 Å². The molecule has 224 valence electrons. The van der Waals surface area contributed by atoms with Gasteiger partial charge in [0.05, 0.1) is 0 Å². The van der Waals surface area contributed by atoms with E-state index in [0.717, 1.165) is 38.5 Å². The van der Waals surface area contributed by atoms with Crippen molar-refractivity contribution >= 4 is 17.9 Å². The van der Waals surface area contributed by atoms with Crippen molar-refractivity contribution in [2.24, 2.45) is 0 Å². The van der Waals surface area contributed by atoms with Gasteiger partial charge in [0.25, 0.3) is 0 Å². The van der Waals surface area contributed by atoms with Crippen LogP contribution in [0.3, 0.4) is 0 Å². The molecule has 3 amide bonds. The third-order valence-corrected chi connectivity index (χ3v) is 7.10. The first-order chi connectivity index (χ1) is 19.5. The minimum atomic E-state index is -1.05. The Morgan fingerprint density at radius 3 is 2.29 bits per heavy atom. The summed E-state index contributed by atoms with van der Waals surface area (Å²) in [6, 6.07) is 10.8. The second kappa shape index (κ2) is 14.8. The number of nitrogens with one attached hydrogen (secondary N) is 2. The van der Waals surface area contributed by atoms with Gasteiger partial charge in [-0.05, 0) is 75.4 Å². The molecule has 0 heterocycles. The number of rotatable bonds is 11. The third-order valence-electron chi connectivity index (χ3n) is 7.10. The first-order valence-corrected chi connectivity index (χ1v) is 14.6. The molecule has 9 nitrogen and oxygen atoms in total. The van der Waals surface area contributed by atoms with Gasteiger partial charge in [0.2, 0.25) is 11.8 Å². The molecular formula is C32H45N3O6. The van der Waals surface area contributed by atoms with E-state index in [1.54, 1.807) is 45.0 Å². The summed E-state index contributed by atoms with van der Waals surface area (Å²) in [6.45, 7) is 7.50. The van der Waals surface area contributed by atoms with Gasteiger partial charge in [-0.1, -0.05) is 56.9 Å². The lowest BCUT2D eigenvalue weighted by atomic mass is 9.94. The number of amides is 3. The minimum absolute atomic E-state index is 0.00613. The number of hydrogen-bond acceptors (Lipinski definition) is 6. The minimum Gasteiger partial charge on any atom is -0.508 e. The number of ether oxygens (including phenoxy) is 1. The molecule has 0 radical (unpaired) electrons. The fraction of sp³-hybridized carbons (Fsp3) is 0.531. The first kappa shape index (κ1) is 31.8. The quantitative estimate of drug-likeness (QED) is 0.290. The Kier molecular flexibility index (Phi) is 11.4. The van der Waals surface area contributed by atoms with Crippen molar-refractivity contribution in [1.29, 1.82) is 0 Å². The maximum Gasteiger partial charge on any atom is 0.408 e. The van der Waals surface area contributed by atoms with Crippen molar-refractivity contribution in [1.82, 2.24) is 15.5 Å². The summed E-state index contributed by atoms with van der Waals surface area (Å²) < 4.78 is 5.47. The van der Waals surface area contributed by atoms with E-state index < -0.39 is 29.7 Å². The van der Waals surface area contributed by atoms with Gasteiger partial charge < -0.3 is 30.5 Å². The molecule has 1 aliphatic carbocycles. The molecule has 9 heteroatoms. The Labute approximate surface area is 243 Å². The fourth-order valence-electron chi connectivity index (χ4n) is 5.11. The molecule has 3 rings (SSSR count). The molecule has 1 saturated carbocycles. The van der Waals surface area contributed by atoms with Gasteiger partial charge in [0.1, 0.15) is 29.2 Å². The predicted molar refractivity (Wildman–Crippen MR) is 157 cm³/mol. The average Bonchev–Trinajstić information content (AvgIpc) is 2.91. The lowest BCUT2D eigenvalue weighted by molar-refractivity contribution is -0.143. The highest BCUT2D eigenvalue weighted by Crippen LogP contribution is 2.28. The van der Waals surface area contributed by atoms with Crippen molar-refractivity contribution < 1.29 is 29.3 Å². The van der Waals surface area contributed by atoms with Crippen LogP contribution in [0.1, 0.15) is 89.8 Å². The Morgan fingerprint density at radius 1 is 1.00 bits per heavy atom. The SMILES string of the molecule is CCCCN(C(=O)C(Cc1ccc(O)cc1)NC(=O)OC(C)(C)C)C(C(=O)NC1CCCCC1)c1cccc(O)c1. The van der Waals surface area contributed by atoms with E-state index in [2.05, 4.69) is 10.6 Å². The molecule has 2 unspecified atom stereocenters. The van der Waals surface area contributed by atoms with Gasteiger partial charge in [-0.25, -0.2) is 4.79 Å². The zero-order chi connectivity index (χ0) is 30.0. The molecule has 1 aliphatic rings. The van der Waals surface area contributed by atoms with Crippen LogP contribution in [0.25, 0.3) is 0 Å². The Balaban J connectivity index is 2.00. The van der Waals surface area contributed by atoms with Crippen LogP contribution in [0.2, 0.25) is 0 Å². The number of alkyl carbamates (subject to hydrolysis) is 1. The number of nitrogens with zero attached hydrogens (tertiary/aromatic N) is 1. The number of benzene rings is 2. The van der Waals surface area contributed by atoms with E-state index in [9.17, 15) is 24.6 Å². The molecule has 0 aromatic heterocycles. The molecule has 2 aromatic rings. The zero-order valence-corrected chi connectivity index (χ0v) is 24.7. The summed E-state index contributed by atoms with van der Waals surface area (Å²) in [6.07, 6.45) is 5.76. The van der Waals surface area contributed by atoms with Crippen LogP contribution in [-0.4, -0.2) is 57.3 Å². The molecule has 2 atom stereocenters. The van der Waals surface area contributed by atoms with Crippen LogP contribution in [0, 0.1) is 0 Å². The summed E-state index contributed by atoms with van der Waals surface area (Å²) in [5.41, 5.74) is 0.430. The van der Waals surface area contributed by atoms with Crippen LogP contribution >= 0.6 is 0 Å². The van der Waals surface area contributed by atoms with Crippen LogP contribution in [0.15, 0.2) is 48.5 Å². The average molecular weight is 568 g/mol. The standard InChI is InChI=1S/C32H45N3O6/c1-5-6-19-35(28(23-11-10-14-26(37)21-23)29(38)33-24-12-8-7-9-13-24)30(39)27(34-31(40)41-32(2,3)4)20-22-15-17-25(36)18-16-22/h10-11,14-18,21,24,27-28,36-37H,5-9,12-13,19-20H2,1-4H3,(H,33,38)(H,34,40). The molecule has 0 aliphatic heterocycles. The highest BCUT2D eigenvalue weighted by Gasteiger charge is 2.37. The highest BCUT2D eigenvalue weighted by atomic mass is 16.6. The lowest BCUT2D eigenvalue weighted by Gasteiger charge is -2.36. The van der Waals surface area contributed by atoms with Crippen LogP contribution < -0.4 is 10.6 Å². The molecule has 0 bridgehead atoms. The van der Waals surface area contributed by atoms with E-state index in [1.807, 2.05) is 6.92 Å². The molecule has 41 heavy (non-hydrogen) atoms. The van der Waals surface area contributed by atoms with Gasteiger partial charge in [0.15, 0.2) is 0 Å². The Hall–Kier alpha value is -3.75. The maximum atomic E-state index is 14.4. The second-order valence-electron chi connectivity index (χ2n) is 11.8. The van der Waals surface area contributed by atoms with Gasteiger partial charge in [-0.3, -0.25) is 9.59 Å². The summed E-state index contributed by atoms with van der Waals surface area (Å²) in [5.74, 6) is -0.671. The second-order valence-corrected chi connectivity index (χ2v) is 11.8. The van der Waals surface area contributed by atoms with Gasteiger partial charge in [-0.15, -0.1) is 0 Å². The summed E-state index contributed by atoms with van der Waals surface area (Å²) in [5, 5.41) is 25.9. The number of unbranched alkanes of at least 4 members (excludes halogenated alkanes) is 1. The van der Waals surface area contributed by atoms with E-state index in [1.165, 1.54) is 29.2 Å². The molecule has 4 N–H and O–H groups in total. The number of phenols is 2. The van der Waals surface area contributed by atoms with Crippen molar-refractivity contribution in [3.63, 3.8) is 0 Å². The first-order valence-electron chi connectivity index (χ1n) is 14.6. The third kappa shape index (κ3) is 9.99. The van der Waals surface area contributed by atoms with Crippen LogP contribution in [0.4, 0.5) is 4.79 Å². The van der Waals surface area contributed by atoms with Gasteiger partial charge >= 0.3 is 6.09 Å². The molecule has 0 saturated heterocycles. The monoisotopic (exact) mass is 567 g/mol. The zero-order valence-electron chi connectivity index (χ0n) is 24.7. The van der Waals surface area contributed by atoms with E-state index in [4.69, 9.17) is 4.74 Å². The molecule has 0 spiro atoms. The largest absolute Gasteiger partial charge is 0.508 e.